The quantitative estimate of drug-likeness (QED) is 0.622. The maximum absolute atomic E-state index is 5.46. The van der Waals surface area contributed by atoms with E-state index in [1.54, 1.807) is 29.8 Å². The first-order chi connectivity index (χ1) is 6.85. The molecule has 3 N–H and O–H groups in total. The number of hydrogen-bond acceptors (Lipinski definition) is 5. The summed E-state index contributed by atoms with van der Waals surface area (Å²) in [5.74, 6) is 5.46. The van der Waals surface area contributed by atoms with Gasteiger partial charge in [0, 0.05) is 21.4 Å². The molecule has 2 aromatic rings. The number of nitrogens with one attached hydrogen (secondary N) is 1. The minimum atomic E-state index is 0.101. The molecule has 0 aliphatic heterocycles. The highest BCUT2D eigenvalue weighted by Gasteiger charge is 2.12. The van der Waals surface area contributed by atoms with Crippen LogP contribution in [0.2, 0.25) is 0 Å². The largest absolute Gasteiger partial charge is 0.383 e. The molecular weight excluding hydrogens is 216 g/mol. The lowest BCUT2D eigenvalue weighted by molar-refractivity contribution is 0.168. The van der Waals surface area contributed by atoms with E-state index in [0.717, 1.165) is 0 Å². The third kappa shape index (κ3) is 1.82. The molecule has 14 heavy (non-hydrogen) atoms. The number of rotatable bonds is 4. The fourth-order valence-corrected chi connectivity index (χ4v) is 3.50. The van der Waals surface area contributed by atoms with Crippen LogP contribution in [0.3, 0.4) is 0 Å². The van der Waals surface area contributed by atoms with Crippen molar-refractivity contribution in [2.45, 2.75) is 6.04 Å². The van der Waals surface area contributed by atoms with Crippen LogP contribution in [0.25, 0.3) is 9.40 Å². The molecule has 0 amide bonds. The Hall–Kier alpha value is -0.460. The third-order valence-electron chi connectivity index (χ3n) is 2.04. The van der Waals surface area contributed by atoms with Crippen molar-refractivity contribution >= 4 is 32.1 Å². The molecule has 1 unspecified atom stereocenters. The van der Waals surface area contributed by atoms with Gasteiger partial charge in [-0.3, -0.25) is 5.84 Å². The summed E-state index contributed by atoms with van der Waals surface area (Å²) < 4.78 is 7.73. The lowest BCUT2D eigenvalue weighted by atomic mass is 10.3. The first-order valence-electron chi connectivity index (χ1n) is 4.27. The van der Waals surface area contributed by atoms with Crippen molar-refractivity contribution < 1.29 is 4.74 Å². The van der Waals surface area contributed by atoms with E-state index < -0.39 is 0 Å². The highest BCUT2D eigenvalue weighted by molar-refractivity contribution is 7.26. The normalized spacial score (nSPS) is 13.6. The molecule has 0 saturated carbocycles. The SMILES string of the molecule is COCC(NN)c1cc2sccc2s1. The number of hydrogen-bond donors (Lipinski definition) is 2. The van der Waals surface area contributed by atoms with Crippen molar-refractivity contribution in [1.29, 1.82) is 0 Å². The summed E-state index contributed by atoms with van der Waals surface area (Å²) in [4.78, 5) is 1.23. The zero-order chi connectivity index (χ0) is 9.97. The molecule has 0 spiro atoms. The van der Waals surface area contributed by atoms with Gasteiger partial charge >= 0.3 is 0 Å². The van der Waals surface area contributed by atoms with Crippen molar-refractivity contribution in [2.75, 3.05) is 13.7 Å². The summed E-state index contributed by atoms with van der Waals surface area (Å²) in [7, 11) is 1.68. The minimum Gasteiger partial charge on any atom is -0.383 e. The second-order valence-corrected chi connectivity index (χ2v) is 5.04. The first-order valence-corrected chi connectivity index (χ1v) is 5.96. The van der Waals surface area contributed by atoms with Gasteiger partial charge in [0.1, 0.15) is 0 Å². The van der Waals surface area contributed by atoms with Gasteiger partial charge in [0.15, 0.2) is 0 Å². The lowest BCUT2D eigenvalue weighted by Crippen LogP contribution is -2.30. The van der Waals surface area contributed by atoms with Crippen LogP contribution in [0.5, 0.6) is 0 Å². The highest BCUT2D eigenvalue weighted by Crippen LogP contribution is 2.33. The van der Waals surface area contributed by atoms with Crippen LogP contribution in [-0.4, -0.2) is 13.7 Å². The molecule has 1 atom stereocenters. The summed E-state index contributed by atoms with van der Waals surface area (Å²) in [6, 6.07) is 4.41. The van der Waals surface area contributed by atoms with Gasteiger partial charge in [-0.2, -0.15) is 0 Å². The molecule has 3 nitrogen and oxygen atoms in total. The molecule has 5 heteroatoms. The number of ether oxygens (including phenoxy) is 1. The van der Waals surface area contributed by atoms with Crippen molar-refractivity contribution in [3.63, 3.8) is 0 Å². The van der Waals surface area contributed by atoms with Crippen molar-refractivity contribution in [1.82, 2.24) is 5.43 Å². The summed E-state index contributed by atoms with van der Waals surface area (Å²) in [5.41, 5.74) is 2.76. The van der Waals surface area contributed by atoms with Gasteiger partial charge in [-0.15, -0.1) is 22.7 Å². The molecule has 0 aliphatic rings. The number of nitrogens with two attached hydrogens (primary N) is 1. The van der Waals surface area contributed by atoms with Crippen molar-refractivity contribution in [3.8, 4) is 0 Å². The van der Waals surface area contributed by atoms with Crippen LogP contribution in [0.1, 0.15) is 10.9 Å². The number of methoxy groups -OCH3 is 1. The molecule has 0 fully saturated rings. The van der Waals surface area contributed by atoms with Crippen LogP contribution < -0.4 is 11.3 Å². The zero-order valence-electron chi connectivity index (χ0n) is 7.82. The van der Waals surface area contributed by atoms with E-state index in [2.05, 4.69) is 22.9 Å². The van der Waals surface area contributed by atoms with Crippen molar-refractivity contribution in [2.24, 2.45) is 5.84 Å². The molecular formula is C9H12N2OS2. The van der Waals surface area contributed by atoms with Crippen molar-refractivity contribution in [3.05, 3.63) is 22.4 Å². The van der Waals surface area contributed by atoms with E-state index in [-0.39, 0.29) is 6.04 Å². The topological polar surface area (TPSA) is 47.3 Å². The Bertz CT molecular complexity index is 381. The lowest BCUT2D eigenvalue weighted by Gasteiger charge is -2.11. The van der Waals surface area contributed by atoms with Gasteiger partial charge in [0.25, 0.3) is 0 Å². The molecule has 0 saturated heterocycles. The Morgan fingerprint density at radius 2 is 2.43 bits per heavy atom. The highest BCUT2D eigenvalue weighted by atomic mass is 32.1. The third-order valence-corrected chi connectivity index (χ3v) is 4.24. The van der Waals surface area contributed by atoms with E-state index >= 15 is 0 Å². The van der Waals surface area contributed by atoms with Gasteiger partial charge in [-0.1, -0.05) is 0 Å². The Kier molecular flexibility index (Phi) is 3.15. The molecule has 0 aliphatic carbocycles. The van der Waals surface area contributed by atoms with Crippen LogP contribution in [-0.2, 0) is 4.74 Å². The smallest absolute Gasteiger partial charge is 0.0787 e. The number of fused-ring (bicyclic) bond motifs is 1. The summed E-state index contributed by atoms with van der Waals surface area (Å²) >= 11 is 3.52. The van der Waals surface area contributed by atoms with Gasteiger partial charge in [-0.05, 0) is 17.5 Å². The van der Waals surface area contributed by atoms with E-state index in [0.29, 0.717) is 6.61 Å². The van der Waals surface area contributed by atoms with Gasteiger partial charge in [0.2, 0.25) is 0 Å². The second-order valence-electron chi connectivity index (χ2n) is 2.97. The maximum atomic E-state index is 5.46. The van der Waals surface area contributed by atoms with Gasteiger partial charge in [-0.25, -0.2) is 5.43 Å². The monoisotopic (exact) mass is 228 g/mol. The van der Waals surface area contributed by atoms with E-state index in [1.165, 1.54) is 14.3 Å². The van der Waals surface area contributed by atoms with Crippen LogP contribution in [0, 0.1) is 0 Å². The van der Waals surface area contributed by atoms with Gasteiger partial charge < -0.3 is 4.74 Å². The van der Waals surface area contributed by atoms with Crippen LogP contribution in [0.15, 0.2) is 17.5 Å². The van der Waals surface area contributed by atoms with E-state index in [9.17, 15) is 0 Å². The fourth-order valence-electron chi connectivity index (χ4n) is 1.34. The molecule has 2 aromatic heterocycles. The molecule has 76 valence electrons. The Balaban J connectivity index is 2.27. The average molecular weight is 228 g/mol. The number of thiophene rings is 2. The average Bonchev–Trinajstić information content (AvgIpc) is 2.73. The molecule has 2 rings (SSSR count). The summed E-state index contributed by atoms with van der Waals surface area (Å²) in [6.07, 6.45) is 0. The molecule has 0 bridgehead atoms. The Morgan fingerprint density at radius 3 is 3.07 bits per heavy atom. The molecule has 2 heterocycles. The zero-order valence-corrected chi connectivity index (χ0v) is 9.45. The van der Waals surface area contributed by atoms with E-state index in [4.69, 9.17) is 10.6 Å². The Labute approximate surface area is 90.5 Å². The predicted octanol–water partition coefficient (Wildman–Crippen LogP) is 2.11. The van der Waals surface area contributed by atoms with Gasteiger partial charge in [0.05, 0.1) is 12.6 Å². The number of hydrazine groups is 1. The predicted molar refractivity (Wildman–Crippen MR) is 61.6 cm³/mol. The molecule has 0 radical (unpaired) electrons. The first kappa shape index (κ1) is 10.1. The molecule has 0 aromatic carbocycles. The summed E-state index contributed by atoms with van der Waals surface area (Å²) in [6.45, 7) is 0.601. The van der Waals surface area contributed by atoms with Crippen LogP contribution >= 0.6 is 22.7 Å². The van der Waals surface area contributed by atoms with Crippen LogP contribution in [0.4, 0.5) is 0 Å². The van der Waals surface area contributed by atoms with E-state index in [1.807, 2.05) is 0 Å². The standard InChI is InChI=1S/C9H12N2OS2/c1-12-5-6(11-10)8-4-9-7(14-8)2-3-13-9/h2-4,6,11H,5,10H2,1H3. The minimum absolute atomic E-state index is 0.101. The summed E-state index contributed by atoms with van der Waals surface area (Å²) in [5, 5.41) is 2.10. The Morgan fingerprint density at radius 1 is 1.57 bits per heavy atom. The maximum Gasteiger partial charge on any atom is 0.0787 e. The fraction of sp³-hybridized carbons (Fsp3) is 0.333. The second kappa shape index (κ2) is 4.37.